The fraction of sp³-hybridized carbons (Fsp3) is 0.409. The van der Waals surface area contributed by atoms with Crippen LogP contribution in [0.2, 0.25) is 0 Å². The van der Waals surface area contributed by atoms with Crippen molar-refractivity contribution in [3.8, 4) is 5.75 Å². The molecule has 0 radical (unpaired) electrons. The highest BCUT2D eigenvalue weighted by Gasteiger charge is 2.19. The van der Waals surface area contributed by atoms with Crippen molar-refractivity contribution in [1.29, 1.82) is 0 Å². The molecule has 3 nitrogen and oxygen atoms in total. The van der Waals surface area contributed by atoms with Crippen LogP contribution in [0.5, 0.6) is 5.75 Å². The van der Waals surface area contributed by atoms with Crippen molar-refractivity contribution in [3.05, 3.63) is 65.7 Å². The fourth-order valence-corrected chi connectivity index (χ4v) is 2.93. The van der Waals surface area contributed by atoms with Crippen LogP contribution in [0.3, 0.4) is 0 Å². The van der Waals surface area contributed by atoms with Crippen LogP contribution in [0.4, 0.5) is 0 Å². The highest BCUT2D eigenvalue weighted by Crippen LogP contribution is 2.30. The maximum absolute atomic E-state index is 12.0. The predicted molar refractivity (Wildman–Crippen MR) is 101 cm³/mol. The van der Waals surface area contributed by atoms with E-state index in [-0.39, 0.29) is 18.0 Å². The van der Waals surface area contributed by atoms with Crippen molar-refractivity contribution >= 4 is 5.97 Å². The second-order valence-electron chi connectivity index (χ2n) is 6.10. The minimum Gasteiger partial charge on any atom is -0.490 e. The maximum Gasteiger partial charge on any atom is 0.306 e. The Morgan fingerprint density at radius 1 is 0.880 bits per heavy atom. The number of hydrogen-bond donors (Lipinski definition) is 0. The van der Waals surface area contributed by atoms with Gasteiger partial charge in [-0.2, -0.15) is 0 Å². The fourth-order valence-electron chi connectivity index (χ4n) is 2.93. The van der Waals surface area contributed by atoms with Crippen LogP contribution in [0, 0.1) is 0 Å². The molecule has 1 atom stereocenters. The molecule has 2 aromatic rings. The Hall–Kier alpha value is -2.29. The summed E-state index contributed by atoms with van der Waals surface area (Å²) < 4.78 is 11.1. The van der Waals surface area contributed by atoms with Crippen LogP contribution in [0.25, 0.3) is 0 Å². The van der Waals surface area contributed by atoms with E-state index in [0.29, 0.717) is 13.0 Å². The molecule has 0 fully saturated rings. The van der Waals surface area contributed by atoms with Gasteiger partial charge in [-0.15, -0.1) is 0 Å². The molecule has 25 heavy (non-hydrogen) atoms. The topological polar surface area (TPSA) is 35.5 Å². The van der Waals surface area contributed by atoms with Gasteiger partial charge in [0.05, 0.1) is 19.1 Å². The van der Waals surface area contributed by atoms with Gasteiger partial charge in [0.2, 0.25) is 0 Å². The Morgan fingerprint density at radius 3 is 2.04 bits per heavy atom. The molecule has 3 heteroatoms. The SMILES string of the molecule is CCOC(=O)CC(c1ccccc1)c1ccc(OC(CC)CC)cc1. The minimum absolute atomic E-state index is 0.0116. The molecule has 0 aromatic heterocycles. The van der Waals surface area contributed by atoms with E-state index in [4.69, 9.17) is 9.47 Å². The third-order valence-corrected chi connectivity index (χ3v) is 4.37. The van der Waals surface area contributed by atoms with Gasteiger partial charge in [0.1, 0.15) is 5.75 Å². The van der Waals surface area contributed by atoms with E-state index < -0.39 is 0 Å². The molecule has 134 valence electrons. The van der Waals surface area contributed by atoms with E-state index in [1.807, 2.05) is 37.3 Å². The van der Waals surface area contributed by atoms with E-state index in [9.17, 15) is 4.79 Å². The van der Waals surface area contributed by atoms with Gasteiger partial charge in [-0.3, -0.25) is 4.79 Å². The quantitative estimate of drug-likeness (QED) is 0.578. The summed E-state index contributed by atoms with van der Waals surface area (Å²) in [6, 6.07) is 18.2. The van der Waals surface area contributed by atoms with Gasteiger partial charge >= 0.3 is 5.97 Å². The summed E-state index contributed by atoms with van der Waals surface area (Å²) >= 11 is 0. The molecule has 0 aliphatic carbocycles. The molecule has 2 aromatic carbocycles. The summed E-state index contributed by atoms with van der Waals surface area (Å²) in [4.78, 5) is 12.0. The van der Waals surface area contributed by atoms with Gasteiger partial charge in [-0.25, -0.2) is 0 Å². The molecule has 0 N–H and O–H groups in total. The average Bonchev–Trinajstić information content (AvgIpc) is 2.66. The van der Waals surface area contributed by atoms with Crippen molar-refractivity contribution in [2.24, 2.45) is 0 Å². The van der Waals surface area contributed by atoms with E-state index >= 15 is 0 Å². The zero-order valence-corrected chi connectivity index (χ0v) is 15.4. The molecule has 0 amide bonds. The number of esters is 1. The average molecular weight is 340 g/mol. The van der Waals surface area contributed by atoms with E-state index in [1.165, 1.54) is 0 Å². The minimum atomic E-state index is -0.172. The standard InChI is InChI=1S/C22H28O3/c1-4-19(5-2)25-20-14-12-18(13-15-20)21(16-22(23)24-6-3)17-10-8-7-9-11-17/h7-15,19,21H,4-6,16H2,1-3H3. The van der Waals surface area contributed by atoms with Crippen molar-refractivity contribution in [2.75, 3.05) is 6.61 Å². The first-order valence-electron chi connectivity index (χ1n) is 9.15. The monoisotopic (exact) mass is 340 g/mol. The summed E-state index contributed by atoms with van der Waals surface area (Å²) in [5.41, 5.74) is 2.21. The third-order valence-electron chi connectivity index (χ3n) is 4.37. The van der Waals surface area contributed by atoms with Crippen LogP contribution >= 0.6 is 0 Å². The summed E-state index contributed by atoms with van der Waals surface area (Å²) in [7, 11) is 0. The number of carbonyl (C=O) groups excluding carboxylic acids is 1. The van der Waals surface area contributed by atoms with Crippen LogP contribution in [-0.2, 0) is 9.53 Å². The molecule has 2 rings (SSSR count). The summed E-state index contributed by atoms with van der Waals surface area (Å²) in [6.45, 7) is 6.50. The zero-order chi connectivity index (χ0) is 18.1. The molecule has 0 saturated carbocycles. The van der Waals surface area contributed by atoms with Crippen molar-refractivity contribution in [2.45, 2.75) is 52.1 Å². The second-order valence-corrected chi connectivity index (χ2v) is 6.10. The smallest absolute Gasteiger partial charge is 0.306 e. The number of benzene rings is 2. The molecule has 0 saturated heterocycles. The van der Waals surface area contributed by atoms with Crippen molar-refractivity contribution in [3.63, 3.8) is 0 Å². The van der Waals surface area contributed by atoms with Gasteiger partial charge in [0, 0.05) is 5.92 Å². The van der Waals surface area contributed by atoms with Crippen LogP contribution in [0.1, 0.15) is 57.1 Å². The van der Waals surface area contributed by atoms with Gasteiger partial charge in [-0.05, 0) is 43.0 Å². The van der Waals surface area contributed by atoms with E-state index in [0.717, 1.165) is 29.7 Å². The Labute approximate surface area is 151 Å². The molecule has 0 bridgehead atoms. The van der Waals surface area contributed by atoms with Crippen LogP contribution < -0.4 is 4.74 Å². The van der Waals surface area contributed by atoms with Gasteiger partial charge in [0.15, 0.2) is 0 Å². The highest BCUT2D eigenvalue weighted by molar-refractivity contribution is 5.71. The molecule has 0 aliphatic heterocycles. The molecule has 0 heterocycles. The lowest BCUT2D eigenvalue weighted by molar-refractivity contribution is -0.143. The molecular formula is C22H28O3. The van der Waals surface area contributed by atoms with Crippen LogP contribution in [0.15, 0.2) is 54.6 Å². The largest absolute Gasteiger partial charge is 0.490 e. The third kappa shape index (κ3) is 5.63. The molecule has 0 spiro atoms. The van der Waals surface area contributed by atoms with E-state index in [2.05, 4.69) is 38.1 Å². The Kier molecular flexibility index (Phi) is 7.52. The Balaban J connectivity index is 2.20. The first-order valence-corrected chi connectivity index (χ1v) is 9.15. The number of ether oxygens (including phenoxy) is 2. The van der Waals surface area contributed by atoms with Gasteiger partial charge in [0.25, 0.3) is 0 Å². The molecule has 1 unspecified atom stereocenters. The summed E-state index contributed by atoms with van der Waals surface area (Å²) in [5.74, 6) is 0.691. The van der Waals surface area contributed by atoms with Gasteiger partial charge in [-0.1, -0.05) is 56.3 Å². The summed E-state index contributed by atoms with van der Waals surface area (Å²) in [6.07, 6.45) is 2.57. The predicted octanol–water partition coefficient (Wildman–Crippen LogP) is 5.34. The summed E-state index contributed by atoms with van der Waals surface area (Å²) in [5, 5.41) is 0. The second kappa shape index (κ2) is 9.87. The Morgan fingerprint density at radius 2 is 1.48 bits per heavy atom. The lowest BCUT2D eigenvalue weighted by Gasteiger charge is -2.19. The number of rotatable bonds is 9. The zero-order valence-electron chi connectivity index (χ0n) is 15.4. The van der Waals surface area contributed by atoms with Crippen molar-refractivity contribution in [1.82, 2.24) is 0 Å². The normalized spacial score (nSPS) is 12.0. The first kappa shape index (κ1) is 19.0. The van der Waals surface area contributed by atoms with E-state index in [1.54, 1.807) is 0 Å². The lowest BCUT2D eigenvalue weighted by Crippen LogP contribution is -2.14. The lowest BCUT2D eigenvalue weighted by atomic mass is 9.88. The van der Waals surface area contributed by atoms with Gasteiger partial charge < -0.3 is 9.47 Å². The van der Waals surface area contributed by atoms with Crippen molar-refractivity contribution < 1.29 is 14.3 Å². The molecule has 0 aliphatic rings. The Bertz CT molecular complexity index is 630. The number of carbonyl (C=O) groups is 1. The molecular weight excluding hydrogens is 312 g/mol. The van der Waals surface area contributed by atoms with Crippen LogP contribution in [-0.4, -0.2) is 18.7 Å². The maximum atomic E-state index is 12.0. The number of hydrogen-bond acceptors (Lipinski definition) is 3. The first-order chi connectivity index (χ1) is 12.2. The highest BCUT2D eigenvalue weighted by atomic mass is 16.5.